The highest BCUT2D eigenvalue weighted by atomic mass is 16.3. The monoisotopic (exact) mass is 1490 g/mol. The van der Waals surface area contributed by atoms with Crippen molar-refractivity contribution in [3.8, 4) is 135 Å². The zero-order chi connectivity index (χ0) is 76.8. The maximum atomic E-state index is 7.01. The minimum Gasteiger partial charge on any atom is -0.456 e. The molecule has 0 N–H and O–H groups in total. The number of fused-ring (bicyclic) bond motifs is 16. The fourth-order valence-corrected chi connectivity index (χ4v) is 17.5. The summed E-state index contributed by atoms with van der Waals surface area (Å²) in [5.41, 5.74) is 29.9. The van der Waals surface area contributed by atoms with E-state index in [9.17, 15) is 0 Å². The van der Waals surface area contributed by atoms with Crippen LogP contribution in [0.3, 0.4) is 0 Å². The van der Waals surface area contributed by atoms with Gasteiger partial charge in [-0.3, -0.25) is 0 Å². The smallest absolute Gasteiger partial charge is 0.160 e. The molecule has 0 bridgehead atoms. The Morgan fingerprint density at radius 3 is 0.932 bits per heavy atom. The second-order valence-electron chi connectivity index (χ2n) is 30.3. The number of benzene rings is 17. The van der Waals surface area contributed by atoms with Gasteiger partial charge in [-0.2, -0.15) is 0 Å². The van der Waals surface area contributed by atoms with Gasteiger partial charge in [-0.15, -0.1) is 0 Å². The number of aromatic nitrogens is 4. The van der Waals surface area contributed by atoms with Crippen molar-refractivity contribution in [2.24, 2.45) is 0 Å². The van der Waals surface area contributed by atoms with E-state index in [1.165, 1.54) is 0 Å². The largest absolute Gasteiger partial charge is 0.456 e. The molecule has 0 aliphatic heterocycles. The first kappa shape index (κ1) is 65.8. The molecule has 0 spiro atoms. The Labute approximate surface area is 668 Å². The SMILES string of the molecule is c1ccc(-c2cc(-c3cc(-c4ccc5oc6ccccc6c5c4)cc(-c4ccc5oc6ccccc6c5c4)c3)nc(-c3ccc4c(-c5cccc6c5oc5ccc(-c7cccc(-c8cc(-c9cc(-c%10ccc%11oc%12ccccc%12c%11c%10)cc(-c%10ccc%11oc%12ccccc%12c%11c%10)c9)nc(-c9ccccc9)n8)c7)cc56)cccc4c3)n2)cc1. The van der Waals surface area contributed by atoms with Crippen molar-refractivity contribution in [1.82, 2.24) is 19.9 Å². The van der Waals surface area contributed by atoms with Gasteiger partial charge in [0, 0.05) is 92.8 Å². The van der Waals surface area contributed by atoms with Crippen LogP contribution in [-0.4, -0.2) is 19.9 Å². The summed E-state index contributed by atoms with van der Waals surface area (Å²) in [6.07, 6.45) is 0. The van der Waals surface area contributed by atoms with Crippen LogP contribution in [0.1, 0.15) is 0 Å². The Hall–Kier alpha value is -15.8. The van der Waals surface area contributed by atoms with Gasteiger partial charge >= 0.3 is 0 Å². The van der Waals surface area contributed by atoms with E-state index in [1.54, 1.807) is 0 Å². The summed E-state index contributed by atoms with van der Waals surface area (Å²) < 4.78 is 32.4. The number of nitrogens with zero attached hydrogens (tertiary/aromatic N) is 4. The Bertz CT molecular complexity index is 7960. The van der Waals surface area contributed by atoms with Crippen molar-refractivity contribution in [2.75, 3.05) is 0 Å². The van der Waals surface area contributed by atoms with Gasteiger partial charge < -0.3 is 22.1 Å². The number of para-hydroxylation sites is 5. The highest BCUT2D eigenvalue weighted by Gasteiger charge is 2.23. The first-order valence-electron chi connectivity index (χ1n) is 39.3. The Kier molecular flexibility index (Phi) is 14.9. The summed E-state index contributed by atoms with van der Waals surface area (Å²) in [5, 5.41) is 12.7. The fraction of sp³-hybridized carbons (Fsp3) is 0. The van der Waals surface area contributed by atoms with Gasteiger partial charge in [-0.25, -0.2) is 19.9 Å². The summed E-state index contributed by atoms with van der Waals surface area (Å²) in [6.45, 7) is 0. The molecule has 24 rings (SSSR count). The van der Waals surface area contributed by atoms with E-state index in [2.05, 4.69) is 303 Å². The minimum absolute atomic E-state index is 0.614. The zero-order valence-electron chi connectivity index (χ0n) is 62.6. The van der Waals surface area contributed by atoms with Crippen LogP contribution in [0.4, 0.5) is 0 Å². The van der Waals surface area contributed by atoms with E-state index in [1.807, 2.05) is 72.8 Å². The van der Waals surface area contributed by atoms with Gasteiger partial charge in [0.15, 0.2) is 11.6 Å². The molecule has 0 atom stereocenters. The van der Waals surface area contributed by atoms with E-state index < -0.39 is 0 Å². The van der Waals surface area contributed by atoms with Crippen molar-refractivity contribution in [2.45, 2.75) is 0 Å². The molecule has 0 unspecified atom stereocenters. The lowest BCUT2D eigenvalue weighted by molar-refractivity contribution is 0.668. The molecule has 0 amide bonds. The second kappa shape index (κ2) is 26.4. The third-order valence-electron chi connectivity index (χ3n) is 23.3. The number of furan rings is 5. The van der Waals surface area contributed by atoms with Crippen molar-refractivity contribution < 1.29 is 22.1 Å². The van der Waals surface area contributed by atoms with Gasteiger partial charge in [0.05, 0.1) is 22.8 Å². The molecule has 0 fully saturated rings. The summed E-state index contributed by atoms with van der Waals surface area (Å²) in [6, 6.07) is 132. The second-order valence-corrected chi connectivity index (χ2v) is 30.3. The molecule has 7 aromatic heterocycles. The molecule has 117 heavy (non-hydrogen) atoms. The van der Waals surface area contributed by atoms with E-state index in [0.29, 0.717) is 11.6 Å². The molecule has 17 aromatic carbocycles. The Balaban J connectivity index is 0.590. The van der Waals surface area contributed by atoms with Crippen LogP contribution in [0.2, 0.25) is 0 Å². The lowest BCUT2D eigenvalue weighted by Crippen LogP contribution is -1.97. The standard InChI is InChI=1S/C108H62N4O5/c1-3-18-63(19-4-1)93-61-95(78-52-74(67-38-43-101-88(57-67)82-25-7-11-32-97(82)113-101)50-75(53-78)68-39-44-102-89(58-68)83-26-8-12-33-98(83)114-102)112-108(109-93)73-36-42-80-71(49-73)23-16-29-81(80)86-30-17-31-87-92-56-66(37-47-105(92)117-106(86)87)65-22-15-24-72(48-65)94-62-96(111-107(110-94)64-20-5-2-6-21-64)79-54-76(69-40-45-103-90(59-69)84-27-9-13-34-99(84)115-103)51-77(55-79)70-41-46-104-91(60-70)85-28-10-14-35-100(85)116-104/h1-62H. The lowest BCUT2D eigenvalue weighted by atomic mass is 9.93. The average molecular weight is 1500 g/mol. The summed E-state index contributed by atoms with van der Waals surface area (Å²) >= 11 is 0. The maximum Gasteiger partial charge on any atom is 0.160 e. The minimum atomic E-state index is 0.614. The Morgan fingerprint density at radius 1 is 0.145 bits per heavy atom. The quantitative estimate of drug-likeness (QED) is 0.118. The van der Waals surface area contributed by atoms with Crippen LogP contribution in [0.15, 0.2) is 398 Å². The summed E-state index contributed by atoms with van der Waals surface area (Å²) in [5.74, 6) is 1.24. The molecule has 544 valence electrons. The maximum absolute atomic E-state index is 7.01. The topological polar surface area (TPSA) is 117 Å². The molecule has 0 radical (unpaired) electrons. The summed E-state index contributed by atoms with van der Waals surface area (Å²) in [4.78, 5) is 21.8. The van der Waals surface area contributed by atoms with Crippen molar-refractivity contribution in [3.63, 3.8) is 0 Å². The average Bonchev–Trinajstić information content (AvgIpc) is 1.68. The molecule has 0 aliphatic rings. The molecular formula is C108H62N4O5. The molecule has 9 nitrogen and oxygen atoms in total. The van der Waals surface area contributed by atoms with E-state index >= 15 is 0 Å². The third-order valence-corrected chi connectivity index (χ3v) is 23.3. The number of hydrogen-bond acceptors (Lipinski definition) is 9. The van der Waals surface area contributed by atoms with Gasteiger partial charge in [-0.1, -0.05) is 231 Å². The van der Waals surface area contributed by atoms with E-state index in [-0.39, 0.29) is 0 Å². The number of hydrogen-bond donors (Lipinski definition) is 0. The molecule has 9 heteroatoms. The first-order valence-corrected chi connectivity index (χ1v) is 39.3. The van der Waals surface area contributed by atoms with E-state index in [0.717, 1.165) is 243 Å². The zero-order valence-corrected chi connectivity index (χ0v) is 62.6. The fourth-order valence-electron chi connectivity index (χ4n) is 17.5. The molecule has 7 heterocycles. The van der Waals surface area contributed by atoms with Crippen molar-refractivity contribution >= 4 is 120 Å². The molecule has 0 saturated carbocycles. The van der Waals surface area contributed by atoms with Crippen molar-refractivity contribution in [3.05, 3.63) is 376 Å². The summed E-state index contributed by atoms with van der Waals surface area (Å²) in [7, 11) is 0. The number of rotatable bonds is 12. The van der Waals surface area contributed by atoms with Crippen molar-refractivity contribution in [1.29, 1.82) is 0 Å². The van der Waals surface area contributed by atoms with E-state index in [4.69, 9.17) is 42.0 Å². The highest BCUT2D eigenvalue weighted by molar-refractivity contribution is 6.15. The first-order chi connectivity index (χ1) is 57.8. The predicted molar refractivity (Wildman–Crippen MR) is 477 cm³/mol. The predicted octanol–water partition coefficient (Wildman–Crippen LogP) is 29.9. The van der Waals surface area contributed by atoms with Gasteiger partial charge in [-0.05, 0) is 218 Å². The molecule has 24 aromatic rings. The van der Waals surface area contributed by atoms with Crippen LogP contribution >= 0.6 is 0 Å². The van der Waals surface area contributed by atoms with Crippen LogP contribution in [0.25, 0.3) is 255 Å². The van der Waals surface area contributed by atoms with Crippen LogP contribution in [-0.2, 0) is 0 Å². The van der Waals surface area contributed by atoms with Gasteiger partial charge in [0.25, 0.3) is 0 Å². The molecule has 0 saturated heterocycles. The third kappa shape index (κ3) is 11.3. The van der Waals surface area contributed by atoms with Gasteiger partial charge in [0.2, 0.25) is 0 Å². The molecular weight excluding hydrogens is 1430 g/mol. The van der Waals surface area contributed by atoms with Crippen LogP contribution in [0.5, 0.6) is 0 Å². The highest BCUT2D eigenvalue weighted by Crippen LogP contribution is 2.46. The van der Waals surface area contributed by atoms with Gasteiger partial charge in [0.1, 0.15) is 55.8 Å². The Morgan fingerprint density at radius 2 is 0.453 bits per heavy atom. The lowest BCUT2D eigenvalue weighted by Gasteiger charge is -2.14. The van der Waals surface area contributed by atoms with Crippen LogP contribution < -0.4 is 0 Å². The van der Waals surface area contributed by atoms with Crippen LogP contribution in [0, 0.1) is 0 Å². The normalized spacial score (nSPS) is 11.9. The molecule has 0 aliphatic carbocycles.